The van der Waals surface area contributed by atoms with Crippen LogP contribution in [0, 0.1) is 17.0 Å². The van der Waals surface area contributed by atoms with Crippen LogP contribution >= 0.6 is 0 Å². The van der Waals surface area contributed by atoms with E-state index in [1.54, 1.807) is 19.1 Å². The molecule has 0 fully saturated rings. The van der Waals surface area contributed by atoms with E-state index >= 15 is 0 Å². The van der Waals surface area contributed by atoms with Gasteiger partial charge in [-0.15, -0.1) is 0 Å². The second-order valence-electron chi connectivity index (χ2n) is 2.70. The highest BCUT2D eigenvalue weighted by Gasteiger charge is 2.19. The number of nitrogens with two attached hydrogens (primary N) is 1. The molecule has 0 aliphatic carbocycles. The molecule has 1 rings (SSSR count). The summed E-state index contributed by atoms with van der Waals surface area (Å²) in [6, 6.07) is 3.15. The maximum absolute atomic E-state index is 10.5. The van der Waals surface area contributed by atoms with Crippen molar-refractivity contribution in [1.82, 2.24) is 0 Å². The minimum Gasteiger partial charge on any atom is -0.502 e. The average molecular weight is 182 g/mol. The number of aromatic hydroxyl groups is 1. The lowest BCUT2D eigenvalue weighted by molar-refractivity contribution is -0.386. The molecule has 0 unspecified atom stereocenters. The van der Waals surface area contributed by atoms with Gasteiger partial charge in [-0.2, -0.15) is 0 Å². The highest BCUT2D eigenvalue weighted by atomic mass is 16.6. The summed E-state index contributed by atoms with van der Waals surface area (Å²) < 4.78 is 0. The lowest BCUT2D eigenvalue weighted by atomic mass is 10.1. The van der Waals surface area contributed by atoms with Crippen molar-refractivity contribution in [1.29, 1.82) is 0 Å². The highest BCUT2D eigenvalue weighted by molar-refractivity contribution is 5.55. The average Bonchev–Trinajstić information content (AvgIpc) is 2.08. The monoisotopic (exact) mass is 182 g/mol. The molecule has 5 heteroatoms. The molecule has 0 bridgehead atoms. The van der Waals surface area contributed by atoms with Crippen molar-refractivity contribution >= 4 is 5.69 Å². The van der Waals surface area contributed by atoms with E-state index in [-0.39, 0.29) is 18.0 Å². The number of rotatable bonds is 2. The lowest BCUT2D eigenvalue weighted by Crippen LogP contribution is -2.02. The zero-order valence-electron chi connectivity index (χ0n) is 7.15. The first-order valence-electron chi connectivity index (χ1n) is 3.73. The van der Waals surface area contributed by atoms with Crippen molar-refractivity contribution in [2.75, 3.05) is 0 Å². The topological polar surface area (TPSA) is 89.4 Å². The van der Waals surface area contributed by atoms with Gasteiger partial charge >= 0.3 is 5.69 Å². The molecular weight excluding hydrogens is 172 g/mol. The Labute approximate surface area is 74.9 Å². The molecule has 0 saturated heterocycles. The van der Waals surface area contributed by atoms with Crippen LogP contribution < -0.4 is 5.73 Å². The molecule has 0 amide bonds. The van der Waals surface area contributed by atoms with Crippen LogP contribution in [0.3, 0.4) is 0 Å². The molecule has 0 heterocycles. The van der Waals surface area contributed by atoms with Crippen LogP contribution in [0.15, 0.2) is 12.1 Å². The zero-order chi connectivity index (χ0) is 10.0. The first-order chi connectivity index (χ1) is 6.07. The van der Waals surface area contributed by atoms with Crippen molar-refractivity contribution < 1.29 is 10.0 Å². The van der Waals surface area contributed by atoms with Gasteiger partial charge in [0.05, 0.1) is 4.92 Å². The van der Waals surface area contributed by atoms with Crippen LogP contribution in [-0.4, -0.2) is 10.0 Å². The third kappa shape index (κ3) is 1.59. The number of phenolic OH excluding ortho intramolecular Hbond substituents is 1. The number of hydrogen-bond acceptors (Lipinski definition) is 4. The number of aryl methyl sites for hydroxylation is 1. The summed E-state index contributed by atoms with van der Waals surface area (Å²) in [5.41, 5.74) is 5.82. The van der Waals surface area contributed by atoms with Crippen LogP contribution in [0.2, 0.25) is 0 Å². The van der Waals surface area contributed by atoms with E-state index in [9.17, 15) is 15.2 Å². The fourth-order valence-electron chi connectivity index (χ4n) is 1.09. The molecule has 0 aliphatic heterocycles. The minimum absolute atomic E-state index is 0.0458. The molecule has 0 radical (unpaired) electrons. The predicted molar refractivity (Wildman–Crippen MR) is 47.4 cm³/mol. The minimum atomic E-state index is -0.621. The molecule has 70 valence electrons. The van der Waals surface area contributed by atoms with Crippen LogP contribution in [-0.2, 0) is 6.54 Å². The fourth-order valence-corrected chi connectivity index (χ4v) is 1.09. The number of hydrogen-bond donors (Lipinski definition) is 2. The molecule has 0 aliphatic rings. The Morgan fingerprint density at radius 2 is 2.23 bits per heavy atom. The molecule has 0 aromatic heterocycles. The quantitative estimate of drug-likeness (QED) is 0.528. The Hall–Kier alpha value is -1.62. The normalized spacial score (nSPS) is 10.0. The Kier molecular flexibility index (Phi) is 2.48. The molecule has 13 heavy (non-hydrogen) atoms. The van der Waals surface area contributed by atoms with E-state index in [1.165, 1.54) is 0 Å². The summed E-state index contributed by atoms with van der Waals surface area (Å²) in [6.45, 7) is 1.65. The summed E-state index contributed by atoms with van der Waals surface area (Å²) >= 11 is 0. The second-order valence-corrected chi connectivity index (χ2v) is 2.70. The van der Waals surface area contributed by atoms with Gasteiger partial charge in [-0.25, -0.2) is 0 Å². The van der Waals surface area contributed by atoms with Gasteiger partial charge in [0.1, 0.15) is 0 Å². The molecule has 1 aromatic rings. The van der Waals surface area contributed by atoms with Gasteiger partial charge in [-0.3, -0.25) is 10.1 Å². The first-order valence-corrected chi connectivity index (χ1v) is 3.73. The SMILES string of the molecule is Cc1ccc(CN)c([N+](=O)[O-])c1O. The van der Waals surface area contributed by atoms with Gasteiger partial charge in [0.2, 0.25) is 0 Å². The lowest BCUT2D eigenvalue weighted by Gasteiger charge is -2.03. The number of nitrogens with zero attached hydrogens (tertiary/aromatic N) is 1. The molecule has 0 saturated carbocycles. The van der Waals surface area contributed by atoms with Gasteiger partial charge in [0, 0.05) is 12.1 Å². The van der Waals surface area contributed by atoms with Crippen molar-refractivity contribution in [3.8, 4) is 5.75 Å². The second kappa shape index (κ2) is 3.40. The molecule has 0 atom stereocenters. The summed E-state index contributed by atoms with van der Waals surface area (Å²) in [4.78, 5) is 9.92. The largest absolute Gasteiger partial charge is 0.502 e. The molecule has 1 aromatic carbocycles. The van der Waals surface area contributed by atoms with E-state index in [1.807, 2.05) is 0 Å². The molecule has 5 nitrogen and oxygen atoms in total. The maximum Gasteiger partial charge on any atom is 0.315 e. The Morgan fingerprint density at radius 3 is 2.69 bits per heavy atom. The standard InChI is InChI=1S/C8H10N2O3/c1-5-2-3-6(4-9)7(8(5)11)10(12)13/h2-3,11H,4,9H2,1H3. The number of nitro groups is 1. The van der Waals surface area contributed by atoms with Crippen molar-refractivity contribution in [2.45, 2.75) is 13.5 Å². The third-order valence-electron chi connectivity index (χ3n) is 1.84. The molecule has 0 spiro atoms. The summed E-state index contributed by atoms with van der Waals surface area (Å²) in [7, 11) is 0. The van der Waals surface area contributed by atoms with Crippen LogP contribution in [0.25, 0.3) is 0 Å². The van der Waals surface area contributed by atoms with Crippen molar-refractivity contribution in [3.63, 3.8) is 0 Å². The van der Waals surface area contributed by atoms with Gasteiger partial charge in [-0.05, 0) is 12.5 Å². The van der Waals surface area contributed by atoms with Crippen LogP contribution in [0.4, 0.5) is 5.69 Å². The number of benzene rings is 1. The maximum atomic E-state index is 10.5. The Morgan fingerprint density at radius 1 is 1.62 bits per heavy atom. The van der Waals surface area contributed by atoms with Gasteiger partial charge in [0.25, 0.3) is 0 Å². The summed E-state index contributed by atoms with van der Waals surface area (Å²) in [5, 5.41) is 19.9. The summed E-state index contributed by atoms with van der Waals surface area (Å²) in [5.74, 6) is -0.298. The number of nitro benzene ring substituents is 1. The van der Waals surface area contributed by atoms with Crippen molar-refractivity contribution in [3.05, 3.63) is 33.4 Å². The Bertz CT molecular complexity index is 349. The van der Waals surface area contributed by atoms with Crippen molar-refractivity contribution in [2.24, 2.45) is 5.73 Å². The number of phenols is 1. The van der Waals surface area contributed by atoms with E-state index in [0.717, 1.165) is 0 Å². The van der Waals surface area contributed by atoms with E-state index in [4.69, 9.17) is 5.73 Å². The predicted octanol–water partition coefficient (Wildman–Crippen LogP) is 1.07. The third-order valence-corrected chi connectivity index (χ3v) is 1.84. The van der Waals surface area contributed by atoms with Gasteiger partial charge in [0.15, 0.2) is 5.75 Å². The van der Waals surface area contributed by atoms with Crippen LogP contribution in [0.5, 0.6) is 5.75 Å². The van der Waals surface area contributed by atoms with Gasteiger partial charge < -0.3 is 10.8 Å². The van der Waals surface area contributed by atoms with E-state index < -0.39 is 4.92 Å². The van der Waals surface area contributed by atoms with Gasteiger partial charge in [-0.1, -0.05) is 12.1 Å². The molecular formula is C8H10N2O3. The highest BCUT2D eigenvalue weighted by Crippen LogP contribution is 2.32. The summed E-state index contributed by atoms with van der Waals surface area (Å²) in [6.07, 6.45) is 0. The fraction of sp³-hybridized carbons (Fsp3) is 0.250. The first kappa shape index (κ1) is 9.47. The van der Waals surface area contributed by atoms with E-state index in [0.29, 0.717) is 11.1 Å². The van der Waals surface area contributed by atoms with Crippen LogP contribution in [0.1, 0.15) is 11.1 Å². The Balaban J connectivity index is 3.41. The molecule has 3 N–H and O–H groups in total. The smallest absolute Gasteiger partial charge is 0.315 e. The zero-order valence-corrected chi connectivity index (χ0v) is 7.15. The van der Waals surface area contributed by atoms with E-state index in [2.05, 4.69) is 0 Å².